The van der Waals surface area contributed by atoms with Crippen LogP contribution in [0.15, 0.2) is 16.6 Å². The number of rotatable bonds is 3. The van der Waals surface area contributed by atoms with Crippen molar-refractivity contribution in [1.82, 2.24) is 0 Å². The summed E-state index contributed by atoms with van der Waals surface area (Å²) in [5.74, 6) is -0.346. The minimum atomic E-state index is -0.346. The lowest BCUT2D eigenvalue weighted by Gasteiger charge is -2.07. The first-order valence-electron chi connectivity index (χ1n) is 3.30. The smallest absolute Gasteiger partial charge is 0.138 e. The van der Waals surface area contributed by atoms with Crippen LogP contribution in [0, 0.1) is 11.2 Å². The molecule has 70 valence electrons. The third-order valence-corrected chi connectivity index (χ3v) is 3.21. The number of hydrogen-bond acceptors (Lipinski definition) is 2. The fraction of sp³-hybridized carbons (Fsp3) is 0. The van der Waals surface area contributed by atoms with Crippen molar-refractivity contribution >= 4 is 56.2 Å². The zero-order valence-electron chi connectivity index (χ0n) is 6.37. The molecule has 0 aliphatic rings. The van der Waals surface area contributed by atoms with E-state index in [1.165, 1.54) is 6.07 Å². The number of hydrogen-bond donors (Lipinski definition) is 2. The van der Waals surface area contributed by atoms with E-state index >= 15 is 0 Å². The van der Waals surface area contributed by atoms with Crippen LogP contribution in [-0.4, -0.2) is 6.21 Å². The zero-order chi connectivity index (χ0) is 9.84. The lowest BCUT2D eigenvalue weighted by Crippen LogP contribution is -1.92. The summed E-state index contributed by atoms with van der Waals surface area (Å²) in [5, 5.41) is 10.1. The van der Waals surface area contributed by atoms with Gasteiger partial charge >= 0.3 is 0 Å². The standard InChI is InChI=1S/C7H6BrFIN2P/c8-5-2-7(12-13-10)4(3-11)1-6(5)9/h1-3,11-13H. The fourth-order valence-electron chi connectivity index (χ4n) is 0.841. The van der Waals surface area contributed by atoms with Gasteiger partial charge in [0.25, 0.3) is 0 Å². The van der Waals surface area contributed by atoms with E-state index in [-0.39, 0.29) is 5.82 Å². The molecule has 2 N–H and O–H groups in total. The van der Waals surface area contributed by atoms with Gasteiger partial charge < -0.3 is 10.5 Å². The molecular formula is C7H6BrFIN2P. The van der Waals surface area contributed by atoms with Crippen molar-refractivity contribution < 1.29 is 4.39 Å². The molecule has 0 aromatic heterocycles. The topological polar surface area (TPSA) is 35.9 Å². The first kappa shape index (κ1) is 11.3. The van der Waals surface area contributed by atoms with Crippen molar-refractivity contribution in [3.05, 3.63) is 28.0 Å². The highest BCUT2D eigenvalue weighted by molar-refractivity contribution is 14.2. The summed E-state index contributed by atoms with van der Waals surface area (Å²) in [7, 11) is 0. The molecule has 0 aliphatic carbocycles. The molecule has 0 spiro atoms. The molecule has 0 heterocycles. The molecule has 1 aromatic rings. The molecule has 0 fully saturated rings. The van der Waals surface area contributed by atoms with Crippen LogP contribution < -0.4 is 5.09 Å². The number of anilines is 1. The molecule has 0 saturated carbocycles. The monoisotopic (exact) mass is 374 g/mol. The second-order valence-corrected chi connectivity index (χ2v) is 5.13. The Hall–Kier alpha value is 0.260. The van der Waals surface area contributed by atoms with E-state index in [0.29, 0.717) is 16.4 Å². The van der Waals surface area contributed by atoms with E-state index in [9.17, 15) is 4.39 Å². The Bertz CT molecular complexity index is 335. The fourth-order valence-corrected chi connectivity index (χ4v) is 2.37. The Morgan fingerprint density at radius 1 is 1.62 bits per heavy atom. The highest BCUT2D eigenvalue weighted by Crippen LogP contribution is 2.29. The molecule has 6 heteroatoms. The van der Waals surface area contributed by atoms with Gasteiger partial charge in [-0.2, -0.15) is 0 Å². The van der Waals surface area contributed by atoms with Gasteiger partial charge in [0, 0.05) is 23.8 Å². The number of halogens is 3. The van der Waals surface area contributed by atoms with Crippen molar-refractivity contribution in [3.8, 4) is 0 Å². The maximum Gasteiger partial charge on any atom is 0.138 e. The highest BCUT2D eigenvalue weighted by Gasteiger charge is 2.05. The Balaban J connectivity index is 3.16. The van der Waals surface area contributed by atoms with Crippen molar-refractivity contribution in [1.29, 1.82) is 5.41 Å². The Morgan fingerprint density at radius 2 is 2.31 bits per heavy atom. The van der Waals surface area contributed by atoms with Gasteiger partial charge in [-0.1, -0.05) is 0 Å². The maximum atomic E-state index is 13.0. The van der Waals surface area contributed by atoms with Gasteiger partial charge in [0.2, 0.25) is 0 Å². The van der Waals surface area contributed by atoms with E-state index < -0.39 is 0 Å². The van der Waals surface area contributed by atoms with Crippen LogP contribution in [-0.2, 0) is 0 Å². The van der Waals surface area contributed by atoms with Gasteiger partial charge in [0.05, 0.1) is 4.47 Å². The summed E-state index contributed by atoms with van der Waals surface area (Å²) in [6.45, 7) is 0. The van der Waals surface area contributed by atoms with Gasteiger partial charge in [0.1, 0.15) is 5.82 Å². The largest absolute Gasteiger partial charge is 0.358 e. The van der Waals surface area contributed by atoms with Crippen molar-refractivity contribution in [3.63, 3.8) is 0 Å². The van der Waals surface area contributed by atoms with E-state index in [4.69, 9.17) is 5.41 Å². The van der Waals surface area contributed by atoms with Gasteiger partial charge in [0.15, 0.2) is 0 Å². The highest BCUT2D eigenvalue weighted by atomic mass is 127. The molecule has 1 atom stereocenters. The predicted octanol–water partition coefficient (Wildman–Crippen LogP) is 3.94. The van der Waals surface area contributed by atoms with Crippen LogP contribution in [0.3, 0.4) is 0 Å². The summed E-state index contributed by atoms with van der Waals surface area (Å²) in [5.41, 5.74) is 1.33. The lowest BCUT2D eigenvalue weighted by atomic mass is 10.2. The SMILES string of the molecule is N=Cc1cc(F)c(Br)cc1NPI. The summed E-state index contributed by atoms with van der Waals surface area (Å²) in [6, 6.07) is 2.97. The summed E-state index contributed by atoms with van der Waals surface area (Å²) < 4.78 is 13.4. The molecule has 2 nitrogen and oxygen atoms in total. The first-order valence-corrected chi connectivity index (χ1v) is 8.21. The average Bonchev–Trinajstić information content (AvgIpc) is 2.11. The van der Waals surface area contributed by atoms with Gasteiger partial charge in [-0.05, 0) is 50.1 Å². The molecule has 1 aromatic carbocycles. The van der Waals surface area contributed by atoms with Crippen LogP contribution in [0.4, 0.5) is 10.1 Å². The van der Waals surface area contributed by atoms with E-state index in [1.54, 1.807) is 6.07 Å². The van der Waals surface area contributed by atoms with Crippen LogP contribution in [0.1, 0.15) is 5.56 Å². The van der Waals surface area contributed by atoms with Crippen LogP contribution in [0.25, 0.3) is 0 Å². The summed E-state index contributed by atoms with van der Waals surface area (Å²) in [4.78, 5) is 0. The lowest BCUT2D eigenvalue weighted by molar-refractivity contribution is 0.621. The molecule has 13 heavy (non-hydrogen) atoms. The molecule has 1 rings (SSSR count). The maximum absolute atomic E-state index is 13.0. The van der Waals surface area contributed by atoms with Crippen molar-refractivity contribution in [2.45, 2.75) is 0 Å². The molecule has 0 saturated heterocycles. The number of benzene rings is 1. The van der Waals surface area contributed by atoms with E-state index in [0.717, 1.165) is 11.9 Å². The predicted molar refractivity (Wildman–Crippen MR) is 67.9 cm³/mol. The number of nitrogens with one attached hydrogen (secondary N) is 2. The summed E-state index contributed by atoms with van der Waals surface area (Å²) in [6.07, 6.45) is 1.63. The average molecular weight is 375 g/mol. The van der Waals surface area contributed by atoms with Crippen molar-refractivity contribution in [2.75, 3.05) is 5.09 Å². The Labute approximate surface area is 98.6 Å². The quantitative estimate of drug-likeness (QED) is 0.469. The van der Waals surface area contributed by atoms with E-state index in [1.807, 2.05) is 0 Å². The molecule has 0 bridgehead atoms. The molecule has 0 aliphatic heterocycles. The Morgan fingerprint density at radius 3 is 2.85 bits per heavy atom. The minimum absolute atomic E-state index is 0.346. The van der Waals surface area contributed by atoms with E-state index in [2.05, 4.69) is 43.1 Å². The van der Waals surface area contributed by atoms with Gasteiger partial charge in [-0.15, -0.1) is 0 Å². The molecular weight excluding hydrogens is 369 g/mol. The molecule has 0 radical (unpaired) electrons. The van der Waals surface area contributed by atoms with Crippen LogP contribution in [0.5, 0.6) is 0 Å². The molecule has 0 amide bonds. The third kappa shape index (κ3) is 2.86. The van der Waals surface area contributed by atoms with Crippen molar-refractivity contribution in [2.24, 2.45) is 0 Å². The molecule has 1 unspecified atom stereocenters. The second-order valence-electron chi connectivity index (χ2n) is 2.22. The van der Waals surface area contributed by atoms with Gasteiger partial charge in [-0.3, -0.25) is 0 Å². The minimum Gasteiger partial charge on any atom is -0.358 e. The van der Waals surface area contributed by atoms with Crippen LogP contribution in [0.2, 0.25) is 0 Å². The van der Waals surface area contributed by atoms with Gasteiger partial charge in [-0.25, -0.2) is 4.39 Å². The second kappa shape index (κ2) is 5.22. The first-order chi connectivity index (χ1) is 6.19. The third-order valence-electron chi connectivity index (χ3n) is 1.43. The van der Waals surface area contributed by atoms with Crippen LogP contribution >= 0.6 is 44.3 Å². The zero-order valence-corrected chi connectivity index (χ0v) is 11.1. The Kier molecular flexibility index (Phi) is 4.55. The summed E-state index contributed by atoms with van der Waals surface area (Å²) >= 11 is 5.27. The normalized spacial score (nSPS) is 10.7.